The maximum Gasteiger partial charge on any atom is 0.252 e. The van der Waals surface area contributed by atoms with Gasteiger partial charge >= 0.3 is 0 Å². The van der Waals surface area contributed by atoms with Gasteiger partial charge in [0.15, 0.2) is 0 Å². The van der Waals surface area contributed by atoms with E-state index < -0.39 is 0 Å². The molecular weight excluding hydrogens is 633 g/mol. The SMILES string of the molecule is c1ccc(-c2ccc3c(c2)N(c2cncnc2)c2cccc4c2B3c2ccc(N(c3ccccc3)c3ccccc3)cc2N4c2ccccc2)cc1. The van der Waals surface area contributed by atoms with E-state index in [2.05, 4.69) is 201 Å². The molecule has 0 spiro atoms. The number of para-hydroxylation sites is 3. The molecular formula is C46H32BN5. The molecule has 0 saturated heterocycles. The van der Waals surface area contributed by atoms with Gasteiger partial charge in [-0.2, -0.15) is 0 Å². The summed E-state index contributed by atoms with van der Waals surface area (Å²) < 4.78 is 0. The number of benzene rings is 7. The maximum absolute atomic E-state index is 4.47. The molecule has 52 heavy (non-hydrogen) atoms. The van der Waals surface area contributed by atoms with Crippen molar-refractivity contribution in [2.75, 3.05) is 14.7 Å². The van der Waals surface area contributed by atoms with Gasteiger partial charge in [0.05, 0.1) is 18.1 Å². The van der Waals surface area contributed by atoms with Crippen molar-refractivity contribution in [3.63, 3.8) is 0 Å². The summed E-state index contributed by atoms with van der Waals surface area (Å²) in [5.41, 5.74) is 16.0. The lowest BCUT2D eigenvalue weighted by Crippen LogP contribution is -2.61. The average Bonchev–Trinajstić information content (AvgIpc) is 3.22. The lowest BCUT2D eigenvalue weighted by molar-refractivity contribution is 1.13. The molecule has 0 fully saturated rings. The van der Waals surface area contributed by atoms with E-state index >= 15 is 0 Å². The van der Waals surface area contributed by atoms with Crippen molar-refractivity contribution in [1.29, 1.82) is 0 Å². The fourth-order valence-corrected chi connectivity index (χ4v) is 8.01. The zero-order valence-electron chi connectivity index (χ0n) is 28.3. The largest absolute Gasteiger partial charge is 0.311 e. The van der Waals surface area contributed by atoms with Gasteiger partial charge in [-0.15, -0.1) is 0 Å². The van der Waals surface area contributed by atoms with E-state index in [0.717, 1.165) is 51.2 Å². The molecule has 2 aliphatic rings. The van der Waals surface area contributed by atoms with Crippen molar-refractivity contribution in [3.8, 4) is 11.1 Å². The molecule has 1 aromatic heterocycles. The molecule has 2 aliphatic heterocycles. The van der Waals surface area contributed by atoms with Crippen molar-refractivity contribution in [2.45, 2.75) is 0 Å². The van der Waals surface area contributed by atoms with Crippen LogP contribution in [0, 0.1) is 0 Å². The van der Waals surface area contributed by atoms with Crippen LogP contribution in [0.1, 0.15) is 0 Å². The van der Waals surface area contributed by atoms with Gasteiger partial charge in [0.1, 0.15) is 6.33 Å². The Morgan fingerprint density at radius 2 is 0.942 bits per heavy atom. The average molecular weight is 666 g/mol. The minimum Gasteiger partial charge on any atom is -0.311 e. The third-order valence-electron chi connectivity index (χ3n) is 10.2. The Morgan fingerprint density at radius 1 is 0.404 bits per heavy atom. The molecule has 244 valence electrons. The van der Waals surface area contributed by atoms with Gasteiger partial charge in [-0.25, -0.2) is 9.97 Å². The van der Waals surface area contributed by atoms with E-state index in [1.54, 1.807) is 6.33 Å². The van der Waals surface area contributed by atoms with E-state index in [4.69, 9.17) is 0 Å². The standard InChI is InChI=1S/C46H32BN5/c1-5-14-33(15-6-1)34-24-26-40-44(28-34)52(39-30-48-32-49-31-39)43-23-13-22-42-46(43)47(40)41-27-25-38(29-45(41)51(42)37-20-11-4-12-21-37)50(35-16-7-2-8-17-35)36-18-9-3-10-19-36/h1-32H. The Kier molecular flexibility index (Phi) is 7.17. The number of anilines is 9. The Labute approximate surface area is 303 Å². The number of aromatic nitrogens is 2. The lowest BCUT2D eigenvalue weighted by atomic mass is 9.33. The van der Waals surface area contributed by atoms with Crippen molar-refractivity contribution in [1.82, 2.24) is 9.97 Å². The minimum absolute atomic E-state index is 0.00202. The number of hydrogen-bond donors (Lipinski definition) is 0. The van der Waals surface area contributed by atoms with Crippen LogP contribution >= 0.6 is 0 Å². The highest BCUT2D eigenvalue weighted by molar-refractivity contribution is 7.00. The predicted molar refractivity (Wildman–Crippen MR) is 216 cm³/mol. The molecule has 8 aromatic rings. The number of rotatable bonds is 6. The fourth-order valence-electron chi connectivity index (χ4n) is 8.01. The zero-order valence-corrected chi connectivity index (χ0v) is 28.3. The Balaban J connectivity index is 1.24. The van der Waals surface area contributed by atoms with Gasteiger partial charge < -0.3 is 14.7 Å². The molecule has 0 aliphatic carbocycles. The fraction of sp³-hybridized carbons (Fsp3) is 0. The van der Waals surface area contributed by atoms with Gasteiger partial charge in [-0.05, 0) is 94.2 Å². The Morgan fingerprint density at radius 3 is 1.58 bits per heavy atom. The highest BCUT2D eigenvalue weighted by atomic mass is 15.2. The Hall–Kier alpha value is -6.92. The summed E-state index contributed by atoms with van der Waals surface area (Å²) >= 11 is 0. The van der Waals surface area contributed by atoms with Crippen LogP contribution in [0.2, 0.25) is 0 Å². The Bertz CT molecular complexity index is 2490. The quantitative estimate of drug-likeness (QED) is 0.165. The molecule has 0 N–H and O–H groups in total. The van der Waals surface area contributed by atoms with Crippen molar-refractivity contribution < 1.29 is 0 Å². The normalized spacial score (nSPS) is 12.5. The first-order valence-corrected chi connectivity index (χ1v) is 17.6. The highest BCUT2D eigenvalue weighted by Crippen LogP contribution is 2.46. The first-order valence-electron chi connectivity index (χ1n) is 17.6. The van der Waals surface area contributed by atoms with Gasteiger partial charge in [0.2, 0.25) is 0 Å². The molecule has 7 aromatic carbocycles. The molecule has 3 heterocycles. The molecule has 0 radical (unpaired) electrons. The van der Waals surface area contributed by atoms with E-state index in [1.165, 1.54) is 27.5 Å². The third-order valence-corrected chi connectivity index (χ3v) is 10.2. The van der Waals surface area contributed by atoms with Crippen molar-refractivity contribution in [3.05, 3.63) is 195 Å². The second kappa shape index (κ2) is 12.4. The van der Waals surface area contributed by atoms with Crippen molar-refractivity contribution >= 4 is 74.3 Å². The second-order valence-electron chi connectivity index (χ2n) is 13.1. The van der Waals surface area contributed by atoms with Crippen LogP contribution in [0.5, 0.6) is 0 Å². The molecule has 0 bridgehead atoms. The van der Waals surface area contributed by atoms with Crippen LogP contribution in [0.15, 0.2) is 195 Å². The summed E-state index contributed by atoms with van der Waals surface area (Å²) in [5.74, 6) is 0. The molecule has 6 heteroatoms. The smallest absolute Gasteiger partial charge is 0.252 e. The molecule has 10 rings (SSSR count). The summed E-state index contributed by atoms with van der Waals surface area (Å²) in [7, 11) is 0. The summed E-state index contributed by atoms with van der Waals surface area (Å²) in [6.07, 6.45) is 5.41. The maximum atomic E-state index is 4.47. The van der Waals surface area contributed by atoms with E-state index in [1.807, 2.05) is 12.4 Å². The minimum atomic E-state index is -0.00202. The monoisotopic (exact) mass is 665 g/mol. The predicted octanol–water partition coefficient (Wildman–Crippen LogP) is 9.70. The third kappa shape index (κ3) is 4.88. The van der Waals surface area contributed by atoms with Gasteiger partial charge in [0.25, 0.3) is 6.71 Å². The zero-order chi connectivity index (χ0) is 34.4. The number of hydrogen-bond acceptors (Lipinski definition) is 5. The van der Waals surface area contributed by atoms with Crippen molar-refractivity contribution in [2.24, 2.45) is 0 Å². The van der Waals surface area contributed by atoms with Crippen LogP contribution in [0.25, 0.3) is 11.1 Å². The van der Waals surface area contributed by atoms with Gasteiger partial charge in [-0.1, -0.05) is 109 Å². The first kappa shape index (κ1) is 30.0. The van der Waals surface area contributed by atoms with Gasteiger partial charge in [-0.3, -0.25) is 0 Å². The van der Waals surface area contributed by atoms with Crippen LogP contribution in [0.3, 0.4) is 0 Å². The second-order valence-corrected chi connectivity index (χ2v) is 13.1. The molecule has 5 nitrogen and oxygen atoms in total. The van der Waals surface area contributed by atoms with Crippen LogP contribution in [-0.4, -0.2) is 16.7 Å². The summed E-state index contributed by atoms with van der Waals surface area (Å²) in [6.45, 7) is -0.00202. The van der Waals surface area contributed by atoms with E-state index in [-0.39, 0.29) is 6.71 Å². The summed E-state index contributed by atoms with van der Waals surface area (Å²) in [5, 5.41) is 0. The summed E-state index contributed by atoms with van der Waals surface area (Å²) in [4.78, 5) is 16.1. The summed E-state index contributed by atoms with van der Waals surface area (Å²) in [6, 6.07) is 63.2. The van der Waals surface area contributed by atoms with E-state index in [0.29, 0.717) is 0 Å². The number of fused-ring (bicyclic) bond motifs is 4. The van der Waals surface area contributed by atoms with Crippen LogP contribution in [0.4, 0.5) is 51.2 Å². The van der Waals surface area contributed by atoms with E-state index in [9.17, 15) is 0 Å². The lowest BCUT2D eigenvalue weighted by Gasteiger charge is -2.44. The number of nitrogens with zero attached hydrogens (tertiary/aromatic N) is 5. The molecule has 0 amide bonds. The topological polar surface area (TPSA) is 35.5 Å². The van der Waals surface area contributed by atoms with Gasteiger partial charge in [0, 0.05) is 45.5 Å². The first-order chi connectivity index (χ1) is 25.8. The molecule has 0 saturated carbocycles. The molecule has 0 unspecified atom stereocenters. The van der Waals surface area contributed by atoms with Crippen LogP contribution < -0.4 is 31.1 Å². The highest BCUT2D eigenvalue weighted by Gasteiger charge is 2.43. The van der Waals surface area contributed by atoms with Crippen LogP contribution in [-0.2, 0) is 0 Å². The molecule has 0 atom stereocenters.